The van der Waals surface area contributed by atoms with Gasteiger partial charge in [0, 0.05) is 18.2 Å². The summed E-state index contributed by atoms with van der Waals surface area (Å²) in [5.41, 5.74) is 6.73. The third kappa shape index (κ3) is 3.17. The lowest BCUT2D eigenvalue weighted by Gasteiger charge is -2.20. The zero-order chi connectivity index (χ0) is 14.8. The van der Waals surface area contributed by atoms with Crippen LogP contribution >= 0.6 is 0 Å². The maximum absolute atomic E-state index is 12.2. The maximum Gasteiger partial charge on any atom is 0.316 e. The highest BCUT2D eigenvalue weighted by Crippen LogP contribution is 2.48. The molecule has 1 aromatic carbocycles. The number of carbonyl (C=O) groups is 2. The smallest absolute Gasteiger partial charge is 0.316 e. The van der Waals surface area contributed by atoms with Crippen molar-refractivity contribution in [2.45, 2.75) is 32.2 Å². The van der Waals surface area contributed by atoms with E-state index < -0.39 is 6.03 Å². The zero-order valence-electron chi connectivity index (χ0n) is 12.0. The van der Waals surface area contributed by atoms with Gasteiger partial charge in [-0.1, -0.05) is 18.6 Å². The van der Waals surface area contributed by atoms with Gasteiger partial charge in [-0.15, -0.1) is 0 Å². The monoisotopic (exact) mass is 287 g/mol. The van der Waals surface area contributed by atoms with E-state index in [1.54, 1.807) is 12.1 Å². The van der Waals surface area contributed by atoms with Crippen molar-refractivity contribution in [3.8, 4) is 0 Å². The van der Waals surface area contributed by atoms with Crippen LogP contribution in [0.3, 0.4) is 0 Å². The summed E-state index contributed by atoms with van der Waals surface area (Å²) >= 11 is 0. The van der Waals surface area contributed by atoms with Crippen LogP contribution in [0.1, 0.15) is 31.2 Å². The summed E-state index contributed by atoms with van der Waals surface area (Å²) in [5, 5.41) is 5.55. The van der Waals surface area contributed by atoms with E-state index in [1.807, 2.05) is 12.1 Å². The molecule has 1 aromatic rings. The number of benzene rings is 1. The van der Waals surface area contributed by atoms with E-state index in [0.29, 0.717) is 18.2 Å². The molecule has 4 N–H and O–H groups in total. The van der Waals surface area contributed by atoms with Crippen molar-refractivity contribution in [1.29, 1.82) is 0 Å². The highest BCUT2D eigenvalue weighted by Gasteiger charge is 2.42. The Morgan fingerprint density at radius 2 is 1.90 bits per heavy atom. The molecule has 112 valence electrons. The van der Waals surface area contributed by atoms with Crippen LogP contribution in [-0.4, -0.2) is 11.9 Å². The molecule has 0 unspecified atom stereocenters. The van der Waals surface area contributed by atoms with Gasteiger partial charge in [0.05, 0.1) is 0 Å². The van der Waals surface area contributed by atoms with E-state index in [-0.39, 0.29) is 11.8 Å². The number of primary amides is 1. The molecular weight excluding hydrogens is 266 g/mol. The van der Waals surface area contributed by atoms with Crippen LogP contribution in [0.4, 0.5) is 10.5 Å². The number of rotatable bonds is 4. The second-order valence-corrected chi connectivity index (χ2v) is 6.19. The Kier molecular flexibility index (Phi) is 3.82. The standard InChI is InChI=1S/C16H21N3O2/c17-16(21)19-13-5-2-10(3-6-13)9-18-15(20)14-8-11-1-4-12(14)7-11/h2-3,5-6,11-12,14H,1,4,7-9H2,(H,18,20)(H3,17,19,21)/t11-,12-,14+/m0/s1. The minimum absolute atomic E-state index is 0.196. The Labute approximate surface area is 124 Å². The van der Waals surface area contributed by atoms with Gasteiger partial charge in [0.25, 0.3) is 0 Å². The Hall–Kier alpha value is -2.04. The van der Waals surface area contributed by atoms with E-state index in [9.17, 15) is 9.59 Å². The molecule has 0 aromatic heterocycles. The van der Waals surface area contributed by atoms with E-state index in [0.717, 1.165) is 17.9 Å². The molecule has 21 heavy (non-hydrogen) atoms. The van der Waals surface area contributed by atoms with Gasteiger partial charge in [0.15, 0.2) is 0 Å². The van der Waals surface area contributed by atoms with Crippen LogP contribution < -0.4 is 16.4 Å². The minimum Gasteiger partial charge on any atom is -0.352 e. The number of urea groups is 1. The predicted molar refractivity (Wildman–Crippen MR) is 80.4 cm³/mol. The molecule has 5 heteroatoms. The second kappa shape index (κ2) is 5.76. The van der Waals surface area contributed by atoms with Crippen LogP contribution in [0.2, 0.25) is 0 Å². The van der Waals surface area contributed by atoms with Crippen molar-refractivity contribution < 1.29 is 9.59 Å². The molecule has 2 aliphatic rings. The molecule has 3 atom stereocenters. The molecule has 3 rings (SSSR count). The molecule has 2 bridgehead atoms. The Bertz CT molecular complexity index is 541. The van der Waals surface area contributed by atoms with E-state index >= 15 is 0 Å². The van der Waals surface area contributed by atoms with Gasteiger partial charge < -0.3 is 16.4 Å². The quantitative estimate of drug-likeness (QED) is 0.793. The summed E-state index contributed by atoms with van der Waals surface area (Å²) < 4.78 is 0. The molecule has 2 aliphatic carbocycles. The first-order valence-electron chi connectivity index (χ1n) is 7.55. The van der Waals surface area contributed by atoms with Crippen molar-refractivity contribution in [1.82, 2.24) is 5.32 Å². The van der Waals surface area contributed by atoms with Gasteiger partial charge in [-0.2, -0.15) is 0 Å². The highest BCUT2D eigenvalue weighted by atomic mass is 16.2. The highest BCUT2D eigenvalue weighted by molar-refractivity contribution is 5.87. The lowest BCUT2D eigenvalue weighted by molar-refractivity contribution is -0.126. The summed E-state index contributed by atoms with van der Waals surface area (Å²) in [7, 11) is 0. The number of nitrogens with one attached hydrogen (secondary N) is 2. The van der Waals surface area contributed by atoms with Gasteiger partial charge in [-0.25, -0.2) is 4.79 Å². The van der Waals surface area contributed by atoms with Crippen LogP contribution in [0.5, 0.6) is 0 Å². The molecule has 2 saturated carbocycles. The number of amides is 3. The maximum atomic E-state index is 12.2. The normalized spacial score (nSPS) is 26.6. The third-order valence-corrected chi connectivity index (χ3v) is 4.76. The number of carbonyl (C=O) groups excluding carboxylic acids is 2. The summed E-state index contributed by atoms with van der Waals surface area (Å²) in [6.45, 7) is 0.531. The Morgan fingerprint density at radius 3 is 2.48 bits per heavy atom. The van der Waals surface area contributed by atoms with Crippen LogP contribution in [0.15, 0.2) is 24.3 Å². The van der Waals surface area contributed by atoms with Gasteiger partial charge in [0.1, 0.15) is 0 Å². The van der Waals surface area contributed by atoms with E-state index in [2.05, 4.69) is 10.6 Å². The fourth-order valence-electron chi connectivity index (χ4n) is 3.73. The van der Waals surface area contributed by atoms with Crippen LogP contribution in [-0.2, 0) is 11.3 Å². The van der Waals surface area contributed by atoms with E-state index in [1.165, 1.54) is 19.3 Å². The van der Waals surface area contributed by atoms with Crippen LogP contribution in [0.25, 0.3) is 0 Å². The van der Waals surface area contributed by atoms with Crippen molar-refractivity contribution in [2.24, 2.45) is 23.5 Å². The van der Waals surface area contributed by atoms with Crippen molar-refractivity contribution >= 4 is 17.6 Å². The molecule has 2 fully saturated rings. The second-order valence-electron chi connectivity index (χ2n) is 6.19. The Balaban J connectivity index is 1.50. The minimum atomic E-state index is -0.577. The first-order valence-corrected chi connectivity index (χ1v) is 7.55. The van der Waals surface area contributed by atoms with Gasteiger partial charge in [0.2, 0.25) is 5.91 Å². The first-order chi connectivity index (χ1) is 10.1. The zero-order valence-corrected chi connectivity index (χ0v) is 12.0. The van der Waals surface area contributed by atoms with Gasteiger partial charge >= 0.3 is 6.03 Å². The average molecular weight is 287 g/mol. The lowest BCUT2D eigenvalue weighted by Crippen LogP contribution is -2.33. The topological polar surface area (TPSA) is 84.2 Å². The molecule has 0 radical (unpaired) electrons. The fourth-order valence-corrected chi connectivity index (χ4v) is 3.73. The van der Waals surface area contributed by atoms with Gasteiger partial charge in [-0.05, 0) is 48.8 Å². The first kappa shape index (κ1) is 13.9. The molecule has 5 nitrogen and oxygen atoms in total. The summed E-state index contributed by atoms with van der Waals surface area (Å²) in [6.07, 6.45) is 4.84. The Morgan fingerprint density at radius 1 is 1.14 bits per heavy atom. The SMILES string of the molecule is NC(=O)Nc1ccc(CNC(=O)[C@@H]2C[C@H]3CC[C@H]2C3)cc1. The average Bonchev–Trinajstić information content (AvgIpc) is 3.08. The van der Waals surface area contributed by atoms with E-state index in [4.69, 9.17) is 5.73 Å². The van der Waals surface area contributed by atoms with Crippen molar-refractivity contribution in [2.75, 3.05) is 5.32 Å². The lowest BCUT2D eigenvalue weighted by atomic mass is 9.88. The molecule has 0 saturated heterocycles. The largest absolute Gasteiger partial charge is 0.352 e. The third-order valence-electron chi connectivity index (χ3n) is 4.76. The molecule has 0 aliphatic heterocycles. The van der Waals surface area contributed by atoms with Crippen LogP contribution in [0, 0.1) is 17.8 Å². The number of anilines is 1. The molecule has 0 heterocycles. The van der Waals surface area contributed by atoms with Crippen molar-refractivity contribution in [3.05, 3.63) is 29.8 Å². The van der Waals surface area contributed by atoms with Gasteiger partial charge in [-0.3, -0.25) is 4.79 Å². The predicted octanol–water partition coefficient (Wildman–Crippen LogP) is 2.23. The summed E-state index contributed by atoms with van der Waals surface area (Å²) in [6, 6.07) is 6.75. The summed E-state index contributed by atoms with van der Waals surface area (Å²) in [5.74, 6) is 1.81. The number of hydrogen-bond acceptors (Lipinski definition) is 2. The fraction of sp³-hybridized carbons (Fsp3) is 0.500. The number of nitrogens with two attached hydrogens (primary N) is 1. The number of hydrogen-bond donors (Lipinski definition) is 3. The number of fused-ring (bicyclic) bond motifs is 2. The molecule has 0 spiro atoms. The molecular formula is C16H21N3O2. The van der Waals surface area contributed by atoms with Crippen molar-refractivity contribution in [3.63, 3.8) is 0 Å². The summed E-state index contributed by atoms with van der Waals surface area (Å²) in [4.78, 5) is 23.0. The molecule has 3 amide bonds.